The highest BCUT2D eigenvalue weighted by atomic mass is 16.9. The summed E-state index contributed by atoms with van der Waals surface area (Å²) in [5, 5.41) is 30.3. The van der Waals surface area contributed by atoms with E-state index in [4.69, 9.17) is 5.11 Å². The van der Waals surface area contributed by atoms with Crippen LogP contribution in [0.15, 0.2) is 0 Å². The number of hydrogen-bond donors (Lipinski definition) is 2. The highest BCUT2D eigenvalue weighted by Crippen LogP contribution is 2.04. The monoisotopic (exact) mass is 236 g/mol. The van der Waals surface area contributed by atoms with Gasteiger partial charge in [0.1, 0.15) is 5.43 Å². The molecule has 3 N–H and O–H groups in total. The maximum absolute atomic E-state index is 9.88. The van der Waals surface area contributed by atoms with Gasteiger partial charge in [0.2, 0.25) is 0 Å². The van der Waals surface area contributed by atoms with Crippen LogP contribution in [0.25, 0.3) is 5.43 Å². The van der Waals surface area contributed by atoms with Gasteiger partial charge in [-0.15, -0.1) is 10.1 Å². The van der Waals surface area contributed by atoms with Crippen LogP contribution in [0.5, 0.6) is 0 Å². The highest BCUT2D eigenvalue weighted by Gasteiger charge is 2.09. The topological polar surface area (TPSA) is 173 Å². The molecule has 0 unspecified atom stereocenters. The minimum absolute atomic E-state index is 0.0299. The summed E-state index contributed by atoms with van der Waals surface area (Å²) in [6.45, 7) is -0.434. The van der Waals surface area contributed by atoms with Gasteiger partial charge < -0.3 is 14.9 Å². The highest BCUT2D eigenvalue weighted by molar-refractivity contribution is 5.14. The van der Waals surface area contributed by atoms with E-state index in [-0.39, 0.29) is 11.8 Å². The van der Waals surface area contributed by atoms with Crippen molar-refractivity contribution < 1.29 is 25.0 Å². The smallest absolute Gasteiger partial charge is 0.294 e. The van der Waals surface area contributed by atoms with Crippen molar-refractivity contribution in [3.8, 4) is 0 Å². The Labute approximate surface area is 87.5 Å². The first kappa shape index (κ1) is 13.5. The van der Waals surface area contributed by atoms with Crippen molar-refractivity contribution in [2.45, 2.75) is 6.61 Å². The molecule has 0 aliphatic rings. The van der Waals surface area contributed by atoms with E-state index in [0.717, 1.165) is 7.11 Å². The Morgan fingerprint density at radius 1 is 1.56 bits per heavy atom. The molecule has 0 fully saturated rings. The molecule has 0 radical (unpaired) electrons. The van der Waals surface area contributed by atoms with Crippen LogP contribution in [-0.2, 0) is 11.4 Å². The first-order chi connectivity index (χ1) is 7.58. The lowest BCUT2D eigenvalue weighted by molar-refractivity contribution is -0.765. The summed E-state index contributed by atoms with van der Waals surface area (Å²) in [6.07, 6.45) is 0. The summed E-state index contributed by atoms with van der Waals surface area (Å²) in [4.78, 5) is 25.9. The van der Waals surface area contributed by atoms with Gasteiger partial charge in [0.05, 0.1) is 0 Å². The maximum Gasteiger partial charge on any atom is 0.294 e. The summed E-state index contributed by atoms with van der Waals surface area (Å²) < 4.78 is 0. The van der Waals surface area contributed by atoms with Gasteiger partial charge in [-0.1, -0.05) is 0 Å². The molecule has 90 valence electrons. The van der Waals surface area contributed by atoms with Crippen molar-refractivity contribution in [3.05, 3.63) is 31.5 Å². The van der Waals surface area contributed by atoms with Crippen LogP contribution in [0.3, 0.4) is 0 Å². The van der Waals surface area contributed by atoms with Crippen molar-refractivity contribution in [2.24, 2.45) is 0 Å². The summed E-state index contributed by atoms with van der Waals surface area (Å²) in [7, 11) is 1.00. The first-order valence-corrected chi connectivity index (χ1v) is 3.62. The molecule has 16 heavy (non-hydrogen) atoms. The third kappa shape index (κ3) is 5.28. The second-order valence-electron chi connectivity index (χ2n) is 1.98. The molecule has 12 nitrogen and oxygen atoms in total. The number of nitrogens with zero attached hydrogens (tertiary/aromatic N) is 4. The predicted octanol–water partition coefficient (Wildman–Crippen LogP) is -1.26. The summed E-state index contributed by atoms with van der Waals surface area (Å²) in [5.74, 6) is -0.195. The zero-order valence-corrected chi connectivity index (χ0v) is 7.98. The lowest BCUT2D eigenvalue weighted by atomic mass is 10.7. The molecular weight excluding hydrogens is 228 g/mol. The van der Waals surface area contributed by atoms with Gasteiger partial charge in [-0.05, 0) is 0 Å². The van der Waals surface area contributed by atoms with Crippen LogP contribution >= 0.6 is 0 Å². The predicted molar refractivity (Wildman–Crippen MR) is 45.1 cm³/mol. The number of nitro groups is 1. The van der Waals surface area contributed by atoms with Gasteiger partial charge in [-0.25, -0.2) is 15.2 Å². The fourth-order valence-electron chi connectivity index (χ4n) is 0.624. The SMILES string of the molecule is CO.O=[N+]([O-])[N-]c1[nH]nc(CO[N+](=O)[O-])[nH+]1. The van der Waals surface area contributed by atoms with E-state index < -0.39 is 16.7 Å². The number of aliphatic hydroxyl groups excluding tert-OH is 1. The van der Waals surface area contributed by atoms with Crippen molar-refractivity contribution in [2.75, 3.05) is 7.11 Å². The second kappa shape index (κ2) is 6.88. The molecule has 0 saturated carbocycles. The standard InChI is InChI=1S/C3H3N6O5.CH4O/c10-8(11)7-3-4-2(5-6-3)1-14-9(12)13;1-2/h1H2,(H-,4,5,6,7);2H,1H3/q-1;/p+1. The second-order valence-corrected chi connectivity index (χ2v) is 1.98. The molecule has 0 saturated heterocycles. The Bertz CT molecular complexity index is 351. The van der Waals surface area contributed by atoms with Gasteiger partial charge in [0.15, 0.2) is 17.5 Å². The molecular formula is C4H8N6O6. The average Bonchev–Trinajstić information content (AvgIpc) is 2.65. The molecule has 0 aliphatic carbocycles. The number of aliphatic hydroxyl groups is 1. The van der Waals surface area contributed by atoms with E-state index in [1.54, 1.807) is 0 Å². The minimum atomic E-state index is -1.01. The average molecular weight is 236 g/mol. The summed E-state index contributed by atoms with van der Waals surface area (Å²) in [5.41, 5.74) is 2.83. The lowest BCUT2D eigenvalue weighted by Gasteiger charge is -1.91. The van der Waals surface area contributed by atoms with E-state index in [0.29, 0.717) is 0 Å². The number of aromatic nitrogens is 3. The Kier molecular flexibility index (Phi) is 5.81. The van der Waals surface area contributed by atoms with Crippen LogP contribution in [-0.4, -0.2) is 32.5 Å². The number of aromatic amines is 2. The van der Waals surface area contributed by atoms with Crippen molar-refractivity contribution >= 4 is 5.95 Å². The van der Waals surface area contributed by atoms with Gasteiger partial charge in [-0.3, -0.25) is 0 Å². The molecule has 1 rings (SSSR count). The lowest BCUT2D eigenvalue weighted by Crippen LogP contribution is -2.12. The van der Waals surface area contributed by atoms with Crippen LogP contribution < -0.4 is 4.98 Å². The van der Waals surface area contributed by atoms with Gasteiger partial charge in [0.25, 0.3) is 11.0 Å². The van der Waals surface area contributed by atoms with Gasteiger partial charge in [0, 0.05) is 7.11 Å². The van der Waals surface area contributed by atoms with Crippen LogP contribution in [0, 0.1) is 20.2 Å². The molecule has 1 aromatic rings. The third-order valence-electron chi connectivity index (χ3n) is 1.05. The first-order valence-electron chi connectivity index (χ1n) is 3.62. The fourth-order valence-corrected chi connectivity index (χ4v) is 0.624. The van der Waals surface area contributed by atoms with E-state index in [2.05, 4.69) is 25.4 Å². The minimum Gasteiger partial charge on any atom is -0.400 e. The van der Waals surface area contributed by atoms with Crippen molar-refractivity contribution in [1.29, 1.82) is 0 Å². The largest absolute Gasteiger partial charge is 0.400 e. The Balaban J connectivity index is 0.00000106. The molecule has 0 amide bonds. The van der Waals surface area contributed by atoms with Gasteiger partial charge >= 0.3 is 0 Å². The van der Waals surface area contributed by atoms with Crippen molar-refractivity contribution in [1.82, 2.24) is 10.2 Å². The Morgan fingerprint density at radius 2 is 2.19 bits per heavy atom. The van der Waals surface area contributed by atoms with Gasteiger partial charge in [-0.2, -0.15) is 5.10 Å². The molecule has 1 heterocycles. The molecule has 0 aromatic carbocycles. The molecule has 0 atom stereocenters. The Morgan fingerprint density at radius 3 is 2.69 bits per heavy atom. The number of H-pyrrole nitrogens is 2. The van der Waals surface area contributed by atoms with Crippen LogP contribution in [0.2, 0.25) is 0 Å². The van der Waals surface area contributed by atoms with E-state index >= 15 is 0 Å². The summed E-state index contributed by atoms with van der Waals surface area (Å²) in [6, 6.07) is 0. The zero-order valence-electron chi connectivity index (χ0n) is 7.98. The normalized spacial score (nSPS) is 8.62. The van der Waals surface area contributed by atoms with Crippen LogP contribution in [0.1, 0.15) is 5.82 Å². The third-order valence-corrected chi connectivity index (χ3v) is 1.05. The molecule has 0 spiro atoms. The molecule has 0 bridgehead atoms. The number of nitrogens with one attached hydrogen (secondary N) is 2. The molecule has 1 aromatic heterocycles. The van der Waals surface area contributed by atoms with E-state index in [1.165, 1.54) is 0 Å². The van der Waals surface area contributed by atoms with Crippen LogP contribution in [0.4, 0.5) is 5.95 Å². The zero-order chi connectivity index (χ0) is 12.6. The van der Waals surface area contributed by atoms with E-state index in [9.17, 15) is 20.2 Å². The number of hydrogen-bond acceptors (Lipinski definition) is 7. The van der Waals surface area contributed by atoms with Crippen molar-refractivity contribution in [3.63, 3.8) is 0 Å². The number of rotatable bonds is 5. The molecule has 0 aliphatic heterocycles. The Hall–Kier alpha value is -2.50. The van der Waals surface area contributed by atoms with E-state index in [1.807, 2.05) is 0 Å². The fraction of sp³-hybridized carbons (Fsp3) is 0.500. The molecule has 12 heteroatoms. The summed E-state index contributed by atoms with van der Waals surface area (Å²) >= 11 is 0. The quantitative estimate of drug-likeness (QED) is 0.473. The maximum atomic E-state index is 9.88.